The number of hydrogen-bond donors (Lipinski definition) is 3. The van der Waals surface area contributed by atoms with Crippen LogP contribution in [0.25, 0.3) is 11.2 Å². The van der Waals surface area contributed by atoms with Gasteiger partial charge in [0.05, 0.1) is 26.9 Å². The van der Waals surface area contributed by atoms with E-state index in [0.29, 0.717) is 0 Å². The normalized spacial score (nSPS) is 23.2. The van der Waals surface area contributed by atoms with Crippen molar-refractivity contribution in [2.24, 2.45) is 0 Å². The predicted octanol–water partition coefficient (Wildman–Crippen LogP) is -8.80. The summed E-state index contributed by atoms with van der Waals surface area (Å²) in [6.45, 7) is -0.552. The molecule has 0 radical (unpaired) electrons. The number of phosphoric ester groups is 1. The van der Waals surface area contributed by atoms with Crippen LogP contribution in [0.15, 0.2) is 11.1 Å². The minimum Gasteiger partial charge on any atom is -0.790 e. The van der Waals surface area contributed by atoms with Crippen LogP contribution < -0.4 is 80.2 Å². The number of fused-ring (bicyclic) bond motifs is 1. The summed E-state index contributed by atoms with van der Waals surface area (Å²) in [5.41, 5.74) is 5.09. The van der Waals surface area contributed by atoms with Crippen molar-refractivity contribution in [2.75, 3.05) is 12.3 Å². The first-order chi connectivity index (χ1) is 10.8. The van der Waals surface area contributed by atoms with Crippen LogP contribution in [0.3, 0.4) is 0 Å². The second-order valence-corrected chi connectivity index (χ2v) is 6.02. The summed E-state index contributed by atoms with van der Waals surface area (Å²) in [6.07, 6.45) is -1.79. The fourth-order valence-corrected chi connectivity index (χ4v) is 3.02. The van der Waals surface area contributed by atoms with Crippen LogP contribution in [0.4, 0.5) is 5.95 Å². The van der Waals surface area contributed by atoms with Crippen LogP contribution in [0.1, 0.15) is 12.6 Å². The second-order valence-electron chi connectivity index (χ2n) is 4.91. The van der Waals surface area contributed by atoms with Crippen molar-refractivity contribution in [2.45, 2.75) is 24.9 Å². The van der Waals surface area contributed by atoms with Crippen LogP contribution in [-0.4, -0.2) is 43.4 Å². The van der Waals surface area contributed by atoms with Crippen molar-refractivity contribution >= 4 is 24.9 Å². The Balaban J connectivity index is 0.00000156. The zero-order chi connectivity index (χ0) is 16.8. The molecular weight excluding hydrogens is 379 g/mol. The summed E-state index contributed by atoms with van der Waals surface area (Å²) in [5, 5.41) is 9.24. The first-order valence-electron chi connectivity index (χ1n) is 6.47. The maximum Gasteiger partial charge on any atom is 1.00 e. The van der Waals surface area contributed by atoms with Crippen molar-refractivity contribution in [1.82, 2.24) is 19.5 Å². The monoisotopic (exact) mass is 391 g/mol. The summed E-state index contributed by atoms with van der Waals surface area (Å²) in [6, 6.07) is 0. The largest absolute Gasteiger partial charge is 1.00 e. The molecule has 0 amide bonds. The van der Waals surface area contributed by atoms with Crippen molar-refractivity contribution < 1.29 is 87.8 Å². The Labute approximate surface area is 184 Å². The van der Waals surface area contributed by atoms with E-state index in [1.165, 1.54) is 10.9 Å². The van der Waals surface area contributed by atoms with Gasteiger partial charge in [-0.3, -0.25) is 14.3 Å². The van der Waals surface area contributed by atoms with E-state index in [-0.39, 0.29) is 82.6 Å². The Kier molecular flexibility index (Phi) is 8.28. The Bertz CT molecular complexity index is 839. The summed E-state index contributed by atoms with van der Waals surface area (Å²) in [4.78, 5) is 43.4. The van der Waals surface area contributed by atoms with Gasteiger partial charge in [0.15, 0.2) is 11.2 Å². The molecule has 0 aliphatic carbocycles. The number of aliphatic hydroxyl groups is 1. The van der Waals surface area contributed by atoms with E-state index >= 15 is 0 Å². The quantitative estimate of drug-likeness (QED) is 0.333. The second kappa shape index (κ2) is 8.91. The van der Waals surface area contributed by atoms with Crippen LogP contribution in [0.2, 0.25) is 0 Å². The molecule has 1 aliphatic heterocycles. The number of H-pyrrole nitrogens is 1. The van der Waals surface area contributed by atoms with Gasteiger partial charge in [-0.05, 0) is 0 Å². The molecule has 12 nitrogen and oxygen atoms in total. The number of ether oxygens (including phenoxy) is 1. The van der Waals surface area contributed by atoms with Crippen LogP contribution in [0.5, 0.6) is 0 Å². The fraction of sp³-hybridized carbons (Fsp3) is 0.500. The molecule has 2 aromatic rings. The summed E-state index contributed by atoms with van der Waals surface area (Å²) in [7, 11) is -5.24. The number of nitrogens with two attached hydrogens (primary N) is 1. The molecule has 0 bridgehead atoms. The number of nitrogen functional groups attached to an aromatic ring is 1. The summed E-state index contributed by atoms with van der Waals surface area (Å²) >= 11 is 0. The molecule has 3 unspecified atom stereocenters. The van der Waals surface area contributed by atoms with Gasteiger partial charge in [-0.2, -0.15) is 4.98 Å². The Hall–Kier alpha value is 0.180. The number of aromatic amines is 1. The van der Waals surface area contributed by atoms with E-state index in [4.69, 9.17) is 10.5 Å². The Morgan fingerprint density at radius 3 is 2.80 bits per heavy atom. The summed E-state index contributed by atoms with van der Waals surface area (Å²) < 4.78 is 22.0. The van der Waals surface area contributed by atoms with Crippen molar-refractivity contribution in [3.05, 3.63) is 16.7 Å². The zero-order valence-electron chi connectivity index (χ0n) is 13.5. The number of aromatic nitrogens is 4. The maximum absolute atomic E-state index is 11.7. The third-order valence-corrected chi connectivity index (χ3v) is 3.91. The minimum absolute atomic E-state index is 0. The van der Waals surface area contributed by atoms with Crippen molar-refractivity contribution in [1.29, 1.82) is 0 Å². The average molecular weight is 391 g/mol. The molecule has 126 valence electrons. The van der Waals surface area contributed by atoms with Gasteiger partial charge in [-0.1, -0.05) is 0 Å². The van der Waals surface area contributed by atoms with Gasteiger partial charge in [0.25, 0.3) is 5.56 Å². The van der Waals surface area contributed by atoms with Gasteiger partial charge in [0, 0.05) is 6.42 Å². The van der Waals surface area contributed by atoms with Crippen molar-refractivity contribution in [3.63, 3.8) is 0 Å². The van der Waals surface area contributed by atoms with Gasteiger partial charge in [0.1, 0.15) is 12.3 Å². The topological polar surface area (TPSA) is 191 Å². The third-order valence-electron chi connectivity index (χ3n) is 3.39. The number of rotatable bonds is 4. The SMILES string of the molecule is Nc1nc2c(ncn2C2CC(OP(=O)([O-])[O-])C(CO)O2)c(=O)[nH]1.[Na+].[Na+]. The number of phosphoric acid groups is 1. The fourth-order valence-electron chi connectivity index (χ4n) is 2.47. The molecule has 1 saturated heterocycles. The molecular formula is C10H12N5Na2O7P. The molecule has 0 spiro atoms. The predicted molar refractivity (Wildman–Crippen MR) is 70.7 cm³/mol. The van der Waals surface area contributed by atoms with Gasteiger partial charge >= 0.3 is 59.1 Å². The maximum atomic E-state index is 11.7. The molecule has 1 aliphatic rings. The first kappa shape index (κ1) is 23.2. The number of nitrogens with zero attached hydrogens (tertiary/aromatic N) is 3. The smallest absolute Gasteiger partial charge is 0.790 e. The van der Waals surface area contributed by atoms with Crippen LogP contribution in [-0.2, 0) is 13.8 Å². The number of imidazole rings is 1. The van der Waals surface area contributed by atoms with Gasteiger partial charge in [-0.15, -0.1) is 0 Å². The molecule has 3 rings (SSSR count). The van der Waals surface area contributed by atoms with E-state index in [2.05, 4.69) is 19.5 Å². The number of hydrogen-bond acceptors (Lipinski definition) is 10. The van der Waals surface area contributed by atoms with E-state index in [0.717, 1.165) is 0 Å². The van der Waals surface area contributed by atoms with E-state index in [1.807, 2.05) is 0 Å². The molecule has 4 N–H and O–H groups in total. The molecule has 3 heterocycles. The molecule has 3 atom stereocenters. The van der Waals surface area contributed by atoms with E-state index < -0.39 is 38.4 Å². The van der Waals surface area contributed by atoms with Crippen LogP contribution >= 0.6 is 7.82 Å². The Morgan fingerprint density at radius 1 is 1.52 bits per heavy atom. The summed E-state index contributed by atoms with van der Waals surface area (Å²) in [5.74, 6) is -0.127. The standard InChI is InChI=1S/C10H14N5O7P.2Na/c11-10-13-8-7(9(17)14-10)12-3-15(8)6-1-4(5(2-16)21-6)22-23(18,19)20;;/h3-6,16H,1-2H2,(H2,18,19,20)(H3,11,13,14,17);;/q;2*+1/p-2. The van der Waals surface area contributed by atoms with E-state index in [9.17, 15) is 24.3 Å². The number of anilines is 1. The minimum atomic E-state index is -5.24. The number of aliphatic hydroxyl groups excluding tert-OH is 1. The number of nitrogens with one attached hydrogen (secondary N) is 1. The van der Waals surface area contributed by atoms with Gasteiger partial charge < -0.3 is 34.5 Å². The van der Waals surface area contributed by atoms with Gasteiger partial charge in [-0.25, -0.2) is 4.98 Å². The van der Waals surface area contributed by atoms with Crippen LogP contribution in [0, 0.1) is 0 Å². The molecule has 0 aromatic carbocycles. The molecule has 0 saturated carbocycles. The van der Waals surface area contributed by atoms with E-state index in [1.54, 1.807) is 0 Å². The first-order valence-corrected chi connectivity index (χ1v) is 7.93. The zero-order valence-corrected chi connectivity index (χ0v) is 18.4. The third kappa shape index (κ3) is 5.12. The average Bonchev–Trinajstić information content (AvgIpc) is 3.00. The molecule has 1 fully saturated rings. The van der Waals surface area contributed by atoms with Crippen molar-refractivity contribution in [3.8, 4) is 0 Å². The van der Waals surface area contributed by atoms with Gasteiger partial charge in [0.2, 0.25) is 5.95 Å². The molecule has 15 heteroatoms. The molecule has 25 heavy (non-hydrogen) atoms. The Morgan fingerprint density at radius 2 is 2.20 bits per heavy atom. The molecule has 2 aromatic heterocycles.